The van der Waals surface area contributed by atoms with Crippen LogP contribution in [-0.4, -0.2) is 21.1 Å². The van der Waals surface area contributed by atoms with Crippen LogP contribution in [0, 0.1) is 0 Å². The zero-order valence-corrected chi connectivity index (χ0v) is 17.1. The second-order valence-corrected chi connectivity index (χ2v) is 7.02. The highest BCUT2D eigenvalue weighted by atomic mass is 16.5. The van der Waals surface area contributed by atoms with Gasteiger partial charge in [0.25, 0.3) is 5.56 Å². The summed E-state index contributed by atoms with van der Waals surface area (Å²) in [6, 6.07) is 18.7. The molecule has 4 aromatic rings. The zero-order chi connectivity index (χ0) is 20.9. The first kappa shape index (κ1) is 19.8. The first-order valence-corrected chi connectivity index (χ1v) is 10.0. The fraction of sp³-hybridized carbons (Fsp3) is 0.208. The maximum Gasteiger partial charge on any atom is 0.266 e. The quantitative estimate of drug-likeness (QED) is 0.507. The van der Waals surface area contributed by atoms with Crippen LogP contribution in [0.25, 0.3) is 16.6 Å². The van der Waals surface area contributed by atoms with Gasteiger partial charge >= 0.3 is 0 Å². The van der Waals surface area contributed by atoms with Gasteiger partial charge in [-0.2, -0.15) is 0 Å². The molecule has 0 saturated carbocycles. The maximum atomic E-state index is 13.4. The number of hydrogen-bond donors (Lipinski definition) is 1. The Morgan fingerprint density at radius 1 is 1.07 bits per heavy atom. The summed E-state index contributed by atoms with van der Waals surface area (Å²) >= 11 is 0. The largest absolute Gasteiger partial charge is 0.494 e. The predicted molar refractivity (Wildman–Crippen MR) is 118 cm³/mol. The average molecular weight is 400 g/mol. The van der Waals surface area contributed by atoms with Crippen LogP contribution in [0.4, 0.5) is 0 Å². The number of rotatable bonds is 7. The van der Waals surface area contributed by atoms with Crippen molar-refractivity contribution in [1.29, 1.82) is 0 Å². The lowest BCUT2D eigenvalue weighted by atomic mass is 10.2. The van der Waals surface area contributed by atoms with Crippen molar-refractivity contribution in [2.24, 2.45) is 0 Å². The average Bonchev–Trinajstić information content (AvgIpc) is 2.79. The van der Waals surface area contributed by atoms with Gasteiger partial charge in [-0.25, -0.2) is 4.98 Å². The Labute approximate surface area is 175 Å². The summed E-state index contributed by atoms with van der Waals surface area (Å²) in [5, 5.41) is 4.05. The Morgan fingerprint density at radius 2 is 1.87 bits per heavy atom. The van der Waals surface area contributed by atoms with Crippen LogP contribution in [0.3, 0.4) is 0 Å². The van der Waals surface area contributed by atoms with Gasteiger partial charge in [-0.05, 0) is 61.9 Å². The van der Waals surface area contributed by atoms with Crippen LogP contribution < -0.4 is 15.6 Å². The molecule has 6 heteroatoms. The fourth-order valence-corrected chi connectivity index (χ4v) is 3.41. The summed E-state index contributed by atoms with van der Waals surface area (Å²) in [6.45, 7) is 5.18. The molecule has 0 bridgehead atoms. The highest BCUT2D eigenvalue weighted by molar-refractivity contribution is 5.77. The number of pyridine rings is 1. The third-order valence-electron chi connectivity index (χ3n) is 4.93. The number of para-hydroxylation sites is 1. The van der Waals surface area contributed by atoms with Gasteiger partial charge in [0.1, 0.15) is 11.6 Å². The maximum absolute atomic E-state index is 13.4. The highest BCUT2D eigenvalue weighted by Crippen LogP contribution is 2.20. The number of benzene rings is 2. The van der Waals surface area contributed by atoms with E-state index in [2.05, 4.69) is 10.3 Å². The summed E-state index contributed by atoms with van der Waals surface area (Å²) < 4.78 is 7.22. The molecule has 1 N–H and O–H groups in total. The van der Waals surface area contributed by atoms with Crippen molar-refractivity contribution < 1.29 is 4.74 Å². The summed E-state index contributed by atoms with van der Waals surface area (Å²) in [4.78, 5) is 22.4. The molecule has 0 fully saturated rings. The minimum Gasteiger partial charge on any atom is -0.494 e. The summed E-state index contributed by atoms with van der Waals surface area (Å²) in [5.74, 6) is 1.43. The first-order chi connectivity index (χ1) is 14.7. The Bertz CT molecular complexity index is 1190. The minimum atomic E-state index is -0.158. The van der Waals surface area contributed by atoms with E-state index < -0.39 is 0 Å². The number of nitrogens with one attached hydrogen (secondary N) is 1. The van der Waals surface area contributed by atoms with E-state index in [-0.39, 0.29) is 11.6 Å². The normalized spacial score (nSPS) is 12.1. The third-order valence-corrected chi connectivity index (χ3v) is 4.93. The Balaban J connectivity index is 1.76. The lowest BCUT2D eigenvalue weighted by Crippen LogP contribution is -2.30. The molecule has 0 saturated heterocycles. The van der Waals surface area contributed by atoms with Crippen LogP contribution >= 0.6 is 0 Å². The molecule has 2 aromatic heterocycles. The van der Waals surface area contributed by atoms with Crippen LogP contribution in [0.2, 0.25) is 0 Å². The van der Waals surface area contributed by atoms with Gasteiger partial charge in [-0.3, -0.25) is 14.3 Å². The van der Waals surface area contributed by atoms with Crippen LogP contribution in [0.15, 0.2) is 77.9 Å². The lowest BCUT2D eigenvalue weighted by molar-refractivity contribution is 0.340. The molecule has 0 aliphatic heterocycles. The first-order valence-electron chi connectivity index (χ1n) is 10.0. The van der Waals surface area contributed by atoms with E-state index in [1.807, 2.05) is 80.7 Å². The molecule has 6 nitrogen and oxygen atoms in total. The number of hydrogen-bond acceptors (Lipinski definition) is 5. The molecule has 0 radical (unpaired) electrons. The molecule has 0 aliphatic carbocycles. The van der Waals surface area contributed by atoms with Crippen molar-refractivity contribution in [3.63, 3.8) is 0 Å². The monoisotopic (exact) mass is 400 g/mol. The van der Waals surface area contributed by atoms with E-state index in [9.17, 15) is 4.79 Å². The van der Waals surface area contributed by atoms with Gasteiger partial charge < -0.3 is 10.1 Å². The minimum absolute atomic E-state index is 0.0882. The molecule has 0 spiro atoms. The molecule has 0 aliphatic rings. The second-order valence-electron chi connectivity index (χ2n) is 7.02. The van der Waals surface area contributed by atoms with E-state index in [4.69, 9.17) is 9.72 Å². The Morgan fingerprint density at radius 3 is 2.60 bits per heavy atom. The van der Waals surface area contributed by atoms with E-state index >= 15 is 0 Å². The number of aromatic nitrogens is 3. The summed E-state index contributed by atoms with van der Waals surface area (Å²) in [5.41, 5.74) is 2.43. The van der Waals surface area contributed by atoms with Crippen molar-refractivity contribution >= 4 is 10.9 Å². The topological polar surface area (TPSA) is 69.0 Å². The van der Waals surface area contributed by atoms with Crippen LogP contribution in [0.5, 0.6) is 5.75 Å². The van der Waals surface area contributed by atoms with Gasteiger partial charge in [0.05, 0.1) is 29.2 Å². The van der Waals surface area contributed by atoms with Crippen molar-refractivity contribution in [2.45, 2.75) is 26.4 Å². The summed E-state index contributed by atoms with van der Waals surface area (Å²) in [7, 11) is 0. The highest BCUT2D eigenvalue weighted by Gasteiger charge is 2.18. The predicted octanol–water partition coefficient (Wildman–Crippen LogP) is 4.03. The smallest absolute Gasteiger partial charge is 0.266 e. The number of fused-ring (bicyclic) bond motifs is 1. The lowest BCUT2D eigenvalue weighted by Gasteiger charge is -2.20. The third kappa shape index (κ3) is 4.09. The van der Waals surface area contributed by atoms with Crippen molar-refractivity contribution in [3.8, 4) is 11.4 Å². The van der Waals surface area contributed by atoms with E-state index in [0.29, 0.717) is 29.9 Å². The molecule has 2 aromatic carbocycles. The Hall–Kier alpha value is -3.51. The van der Waals surface area contributed by atoms with Gasteiger partial charge in [0.15, 0.2) is 0 Å². The zero-order valence-electron chi connectivity index (χ0n) is 17.1. The fourth-order valence-electron chi connectivity index (χ4n) is 3.41. The van der Waals surface area contributed by atoms with E-state index in [0.717, 1.165) is 17.0 Å². The van der Waals surface area contributed by atoms with Crippen molar-refractivity contribution in [1.82, 2.24) is 19.9 Å². The molecule has 2 heterocycles. The molecule has 0 amide bonds. The molecule has 1 unspecified atom stereocenters. The van der Waals surface area contributed by atoms with Crippen molar-refractivity contribution in [3.05, 3.63) is 94.8 Å². The molecule has 4 rings (SSSR count). The Kier molecular flexibility index (Phi) is 5.86. The summed E-state index contributed by atoms with van der Waals surface area (Å²) in [6.07, 6.45) is 3.58. The van der Waals surface area contributed by atoms with Gasteiger partial charge in [0.2, 0.25) is 0 Å². The number of nitrogens with zero attached hydrogens (tertiary/aromatic N) is 3. The van der Waals surface area contributed by atoms with Gasteiger partial charge in [0, 0.05) is 18.9 Å². The van der Waals surface area contributed by atoms with Crippen LogP contribution in [0.1, 0.15) is 31.3 Å². The molecule has 30 heavy (non-hydrogen) atoms. The van der Waals surface area contributed by atoms with Gasteiger partial charge in [-0.15, -0.1) is 0 Å². The standard InChI is InChI=1S/C24H24N4O2/c1-3-30-20-12-10-19(11-13-20)28-23(17(2)26-16-18-7-6-14-25-15-18)27-22-9-5-4-8-21(22)24(28)29/h4-15,17,26H,3,16H2,1-2H3. The second kappa shape index (κ2) is 8.88. The number of ether oxygens (including phenoxy) is 1. The van der Waals surface area contributed by atoms with Crippen molar-refractivity contribution in [2.75, 3.05) is 6.61 Å². The molecule has 1 atom stereocenters. The molecular weight excluding hydrogens is 376 g/mol. The molecular formula is C24H24N4O2. The van der Waals surface area contributed by atoms with Crippen LogP contribution in [-0.2, 0) is 6.54 Å². The molecule has 152 valence electrons. The SMILES string of the molecule is CCOc1ccc(-n2c(C(C)NCc3cccnc3)nc3ccccc3c2=O)cc1. The van der Waals surface area contributed by atoms with Gasteiger partial charge in [-0.1, -0.05) is 18.2 Å². The van der Waals surface area contributed by atoms with E-state index in [1.165, 1.54) is 0 Å². The van der Waals surface area contributed by atoms with E-state index in [1.54, 1.807) is 10.8 Å².